The van der Waals surface area contributed by atoms with Gasteiger partial charge in [-0.2, -0.15) is 0 Å². The van der Waals surface area contributed by atoms with Crippen LogP contribution in [-0.2, 0) is 14.3 Å². The number of carbonyl (C=O) groups excluding carboxylic acids is 2. The topological polar surface area (TPSA) is 46.6 Å². The lowest BCUT2D eigenvalue weighted by Gasteiger charge is -2.16. The third-order valence-electron chi connectivity index (χ3n) is 1.61. The van der Waals surface area contributed by atoms with E-state index in [2.05, 4.69) is 0 Å². The van der Waals surface area contributed by atoms with Crippen LogP contribution in [0, 0.1) is 0 Å². The molecule has 0 saturated carbocycles. The van der Waals surface area contributed by atoms with Crippen LogP contribution in [-0.4, -0.2) is 41.6 Å². The fourth-order valence-corrected chi connectivity index (χ4v) is 2.11. The predicted octanol–water partition coefficient (Wildman–Crippen LogP) is 0.0808. The second kappa shape index (κ2) is 4.35. The Morgan fingerprint density at radius 3 is 3.17 bits per heavy atom. The fraction of sp³-hybridized carbons (Fsp3) is 0.714. The summed E-state index contributed by atoms with van der Waals surface area (Å²) >= 11 is 1.56. The highest BCUT2D eigenvalue weighted by molar-refractivity contribution is 7.99. The van der Waals surface area contributed by atoms with Crippen LogP contribution in [0.5, 0.6) is 0 Å². The quantitative estimate of drug-likeness (QED) is 0.466. The highest BCUT2D eigenvalue weighted by atomic mass is 32.2. The summed E-state index contributed by atoms with van der Waals surface area (Å²) in [5, 5.41) is 0. The molecular weight excluding hydrogens is 178 g/mol. The molecule has 0 spiro atoms. The Morgan fingerprint density at radius 1 is 1.83 bits per heavy atom. The van der Waals surface area contributed by atoms with E-state index in [1.807, 2.05) is 0 Å². The summed E-state index contributed by atoms with van der Waals surface area (Å²) < 4.78 is 4.81. The zero-order valence-corrected chi connectivity index (χ0v) is 7.67. The van der Waals surface area contributed by atoms with Gasteiger partial charge in [0.2, 0.25) is 6.41 Å². The summed E-state index contributed by atoms with van der Waals surface area (Å²) in [5.74, 6) is 0.944. The number of carbonyl (C=O) groups is 2. The predicted molar refractivity (Wildman–Crippen MR) is 45.6 cm³/mol. The van der Waals surface area contributed by atoms with Crippen LogP contribution < -0.4 is 0 Å². The van der Waals surface area contributed by atoms with Crippen LogP contribution in [0.1, 0.15) is 6.92 Å². The van der Waals surface area contributed by atoms with E-state index in [1.165, 1.54) is 4.90 Å². The van der Waals surface area contributed by atoms with E-state index in [0.717, 1.165) is 0 Å². The Morgan fingerprint density at radius 2 is 2.58 bits per heavy atom. The van der Waals surface area contributed by atoms with Crippen molar-refractivity contribution in [1.29, 1.82) is 0 Å². The van der Waals surface area contributed by atoms with Gasteiger partial charge in [0.1, 0.15) is 6.04 Å². The van der Waals surface area contributed by atoms with E-state index in [0.29, 0.717) is 24.6 Å². The molecule has 0 radical (unpaired) electrons. The van der Waals surface area contributed by atoms with Gasteiger partial charge in [0.05, 0.1) is 12.5 Å². The Kier molecular flexibility index (Phi) is 3.40. The number of rotatable bonds is 3. The summed E-state index contributed by atoms with van der Waals surface area (Å²) in [6, 6.07) is -0.368. The van der Waals surface area contributed by atoms with Crippen molar-refractivity contribution >= 4 is 24.1 Å². The Balaban J connectivity index is 2.49. The average Bonchev–Trinajstić information content (AvgIpc) is 2.51. The molecule has 0 aromatic carbocycles. The summed E-state index contributed by atoms with van der Waals surface area (Å²) in [7, 11) is 0. The molecule has 0 aromatic rings. The maximum atomic E-state index is 11.2. The molecular formula is C7H11NO3S. The molecule has 12 heavy (non-hydrogen) atoms. The molecule has 4 nitrogen and oxygen atoms in total. The average molecular weight is 189 g/mol. The molecule has 1 heterocycles. The smallest absolute Gasteiger partial charge is 0.329 e. The number of hydrogen-bond acceptors (Lipinski definition) is 4. The van der Waals surface area contributed by atoms with Crippen LogP contribution in [0.15, 0.2) is 0 Å². The van der Waals surface area contributed by atoms with E-state index in [4.69, 9.17) is 4.74 Å². The first-order chi connectivity index (χ1) is 5.79. The Bertz CT molecular complexity index is 185. The van der Waals surface area contributed by atoms with Crippen molar-refractivity contribution in [3.63, 3.8) is 0 Å². The number of esters is 1. The van der Waals surface area contributed by atoms with Gasteiger partial charge < -0.3 is 9.64 Å². The van der Waals surface area contributed by atoms with Gasteiger partial charge in [0.25, 0.3) is 0 Å². The van der Waals surface area contributed by atoms with Crippen LogP contribution in [0.25, 0.3) is 0 Å². The molecule has 5 heteroatoms. The Hall–Kier alpha value is -0.710. The van der Waals surface area contributed by atoms with Gasteiger partial charge in [0.15, 0.2) is 0 Å². The van der Waals surface area contributed by atoms with Crippen molar-refractivity contribution in [2.75, 3.05) is 18.2 Å². The van der Waals surface area contributed by atoms with E-state index >= 15 is 0 Å². The summed E-state index contributed by atoms with van der Waals surface area (Å²) in [6.45, 7) is 2.12. The van der Waals surface area contributed by atoms with E-state index < -0.39 is 0 Å². The molecule has 0 N–H and O–H groups in total. The molecule has 1 aliphatic rings. The van der Waals surface area contributed by atoms with Crippen molar-refractivity contribution in [3.05, 3.63) is 0 Å². The number of ether oxygens (including phenoxy) is 1. The largest absolute Gasteiger partial charge is 0.464 e. The van der Waals surface area contributed by atoms with Gasteiger partial charge >= 0.3 is 5.97 Å². The minimum absolute atomic E-state index is 0.297. The van der Waals surface area contributed by atoms with Gasteiger partial charge in [-0.05, 0) is 6.92 Å². The number of nitrogens with zero attached hydrogens (tertiary/aromatic N) is 1. The third kappa shape index (κ3) is 1.91. The van der Waals surface area contributed by atoms with Crippen LogP contribution in [0.4, 0.5) is 0 Å². The molecule has 1 fully saturated rings. The highest BCUT2D eigenvalue weighted by Crippen LogP contribution is 2.19. The van der Waals surface area contributed by atoms with Crippen molar-refractivity contribution in [3.8, 4) is 0 Å². The van der Waals surface area contributed by atoms with Gasteiger partial charge in [-0.1, -0.05) is 0 Å². The first-order valence-corrected chi connectivity index (χ1v) is 4.90. The monoisotopic (exact) mass is 189 g/mol. The van der Waals surface area contributed by atoms with E-state index in [-0.39, 0.29) is 12.0 Å². The number of amides is 1. The Labute approximate surface area is 75.2 Å². The minimum atomic E-state index is -0.368. The molecule has 1 rings (SSSR count). The maximum Gasteiger partial charge on any atom is 0.329 e. The molecule has 0 aromatic heterocycles. The number of thioether (sulfide) groups is 1. The first kappa shape index (κ1) is 9.38. The van der Waals surface area contributed by atoms with Gasteiger partial charge in [-0.3, -0.25) is 4.79 Å². The highest BCUT2D eigenvalue weighted by Gasteiger charge is 2.31. The lowest BCUT2D eigenvalue weighted by Crippen LogP contribution is -2.37. The van der Waals surface area contributed by atoms with Crippen LogP contribution >= 0.6 is 11.8 Å². The molecule has 1 aliphatic heterocycles. The second-order valence-electron chi connectivity index (χ2n) is 2.39. The molecule has 0 aliphatic carbocycles. The first-order valence-electron chi connectivity index (χ1n) is 3.75. The van der Waals surface area contributed by atoms with Crippen molar-refractivity contribution in [1.82, 2.24) is 4.90 Å². The SMILES string of the molecule is CCOC(=O)C1CSCN1C=O. The van der Waals surface area contributed by atoms with Gasteiger partial charge in [-0.25, -0.2) is 4.79 Å². The summed E-state index contributed by atoms with van der Waals surface area (Å²) in [4.78, 5) is 23.1. The summed E-state index contributed by atoms with van der Waals surface area (Å²) in [5.41, 5.74) is 0. The summed E-state index contributed by atoms with van der Waals surface area (Å²) in [6.07, 6.45) is 0.696. The van der Waals surface area contributed by atoms with Crippen molar-refractivity contribution < 1.29 is 14.3 Å². The van der Waals surface area contributed by atoms with Crippen LogP contribution in [0.3, 0.4) is 0 Å². The van der Waals surface area contributed by atoms with Gasteiger partial charge in [0, 0.05) is 5.75 Å². The minimum Gasteiger partial charge on any atom is -0.464 e. The molecule has 1 unspecified atom stereocenters. The van der Waals surface area contributed by atoms with E-state index in [1.54, 1.807) is 18.7 Å². The molecule has 1 atom stereocenters. The maximum absolute atomic E-state index is 11.2. The number of hydrogen-bond donors (Lipinski definition) is 0. The standard InChI is InChI=1S/C7H11NO3S/c1-2-11-7(10)6-3-12-5-8(6)4-9/h4,6H,2-3,5H2,1H3. The normalized spacial score (nSPS) is 22.4. The third-order valence-corrected chi connectivity index (χ3v) is 2.64. The molecule has 0 bridgehead atoms. The molecule has 1 amide bonds. The lowest BCUT2D eigenvalue weighted by atomic mass is 10.3. The van der Waals surface area contributed by atoms with Crippen molar-refractivity contribution in [2.24, 2.45) is 0 Å². The van der Waals surface area contributed by atoms with Crippen LogP contribution in [0.2, 0.25) is 0 Å². The van der Waals surface area contributed by atoms with E-state index in [9.17, 15) is 9.59 Å². The molecule has 1 saturated heterocycles. The van der Waals surface area contributed by atoms with Gasteiger partial charge in [-0.15, -0.1) is 11.8 Å². The lowest BCUT2D eigenvalue weighted by molar-refractivity contribution is -0.149. The molecule has 68 valence electrons. The van der Waals surface area contributed by atoms with Crippen molar-refractivity contribution in [2.45, 2.75) is 13.0 Å². The fourth-order valence-electron chi connectivity index (χ4n) is 1.00. The zero-order chi connectivity index (χ0) is 8.97. The zero-order valence-electron chi connectivity index (χ0n) is 6.86. The second-order valence-corrected chi connectivity index (χ2v) is 3.39.